The molecule has 10 nitrogen and oxygen atoms in total. The maximum atomic E-state index is 13.1. The van der Waals surface area contributed by atoms with E-state index in [1.807, 2.05) is 6.92 Å². The molecule has 204 valence electrons. The van der Waals surface area contributed by atoms with E-state index in [-0.39, 0.29) is 43.2 Å². The first-order chi connectivity index (χ1) is 18.5. The van der Waals surface area contributed by atoms with Crippen LogP contribution in [0.2, 0.25) is 0 Å². The van der Waals surface area contributed by atoms with Gasteiger partial charge in [-0.2, -0.15) is 4.98 Å². The molecule has 0 unspecified atom stereocenters. The minimum atomic E-state index is -0.250. The summed E-state index contributed by atoms with van der Waals surface area (Å²) < 4.78 is 5.79. The molecule has 2 fully saturated rings. The minimum Gasteiger partial charge on any atom is -0.489 e. The third kappa shape index (κ3) is 5.27. The normalized spacial score (nSPS) is 20.1. The molecule has 1 atom stereocenters. The third-order valence-electron chi connectivity index (χ3n) is 7.94. The van der Waals surface area contributed by atoms with Crippen LogP contribution in [-0.4, -0.2) is 65.3 Å². The molecule has 2 aromatic rings. The van der Waals surface area contributed by atoms with Gasteiger partial charge in [0.2, 0.25) is 11.9 Å². The molecule has 0 radical (unpaired) electrons. The molecule has 2 saturated carbocycles. The van der Waals surface area contributed by atoms with Crippen molar-refractivity contribution in [1.29, 1.82) is 0 Å². The van der Waals surface area contributed by atoms with E-state index < -0.39 is 0 Å². The van der Waals surface area contributed by atoms with Crippen LogP contribution in [0, 0.1) is 0 Å². The number of nitrogens with zero attached hydrogens (tertiary/aromatic N) is 4. The van der Waals surface area contributed by atoms with Crippen molar-refractivity contribution < 1.29 is 19.4 Å². The first-order valence-electron chi connectivity index (χ1n) is 13.9. The van der Waals surface area contributed by atoms with Gasteiger partial charge in [-0.05, 0) is 50.3 Å². The molecule has 3 N–H and O–H groups in total. The average molecular weight is 523 g/mol. The summed E-state index contributed by atoms with van der Waals surface area (Å²) in [5.41, 5.74) is 1.79. The quantitative estimate of drug-likeness (QED) is 0.455. The number of hydrogen-bond donors (Lipinski definition) is 3. The lowest BCUT2D eigenvalue weighted by Gasteiger charge is -2.43. The molecule has 3 aliphatic rings. The van der Waals surface area contributed by atoms with Gasteiger partial charge >= 0.3 is 0 Å². The van der Waals surface area contributed by atoms with Gasteiger partial charge in [-0.1, -0.05) is 32.6 Å². The zero-order valence-corrected chi connectivity index (χ0v) is 22.3. The van der Waals surface area contributed by atoms with E-state index >= 15 is 0 Å². The van der Waals surface area contributed by atoms with E-state index in [0.717, 1.165) is 57.2 Å². The summed E-state index contributed by atoms with van der Waals surface area (Å²) in [6, 6.07) is 5.45. The number of carbonyl (C=O) groups excluding carboxylic acids is 2. The number of fused-ring (bicyclic) bond motifs is 1. The predicted octanol–water partition coefficient (Wildman–Crippen LogP) is 3.77. The van der Waals surface area contributed by atoms with Crippen LogP contribution < -0.4 is 25.2 Å². The standard InChI is InChI=1S/C28H38N6O4/c1-3-22-27(37)33(2)23-17-29-28(32-25(23)34(22)20-10-6-7-11-20)31-21-13-12-18(16-24(21)38-15-14-35)26(36)30-19-8-4-5-9-19/h12-13,16-17,19-20,22,35H,3-11,14-15H2,1-2H3,(H,30,36)(H,29,31,32)/t22-/m1/s1. The van der Waals surface area contributed by atoms with Crippen molar-refractivity contribution in [3.05, 3.63) is 30.0 Å². The Morgan fingerprint density at radius 3 is 2.61 bits per heavy atom. The summed E-state index contributed by atoms with van der Waals surface area (Å²) in [7, 11) is 1.78. The van der Waals surface area contributed by atoms with Gasteiger partial charge in [-0.3, -0.25) is 9.59 Å². The second-order valence-corrected chi connectivity index (χ2v) is 10.4. The number of hydrogen-bond acceptors (Lipinski definition) is 8. The number of rotatable bonds is 9. The summed E-state index contributed by atoms with van der Waals surface area (Å²) in [6.45, 7) is 1.98. The van der Waals surface area contributed by atoms with Crippen LogP contribution >= 0.6 is 0 Å². The van der Waals surface area contributed by atoms with Crippen LogP contribution in [0.3, 0.4) is 0 Å². The number of amides is 2. The average Bonchev–Trinajstić information content (AvgIpc) is 3.65. The van der Waals surface area contributed by atoms with Crippen LogP contribution in [0.4, 0.5) is 23.1 Å². The third-order valence-corrected chi connectivity index (χ3v) is 7.94. The van der Waals surface area contributed by atoms with E-state index in [2.05, 4.69) is 20.5 Å². The largest absolute Gasteiger partial charge is 0.489 e. The highest BCUT2D eigenvalue weighted by molar-refractivity contribution is 6.04. The second kappa shape index (κ2) is 11.6. The van der Waals surface area contributed by atoms with Gasteiger partial charge in [-0.15, -0.1) is 0 Å². The smallest absolute Gasteiger partial charge is 0.251 e. The highest BCUT2D eigenvalue weighted by atomic mass is 16.5. The van der Waals surface area contributed by atoms with Gasteiger partial charge in [0, 0.05) is 24.7 Å². The van der Waals surface area contributed by atoms with Crippen molar-refractivity contribution in [3.8, 4) is 5.75 Å². The Hall–Kier alpha value is -3.40. The molecular weight excluding hydrogens is 484 g/mol. The van der Waals surface area contributed by atoms with Gasteiger partial charge in [0.1, 0.15) is 24.1 Å². The number of ether oxygens (including phenoxy) is 1. The Bertz CT molecular complexity index is 1160. The first kappa shape index (κ1) is 26.2. The summed E-state index contributed by atoms with van der Waals surface area (Å²) >= 11 is 0. The Labute approximate surface area is 223 Å². The lowest BCUT2D eigenvalue weighted by molar-refractivity contribution is -0.120. The monoisotopic (exact) mass is 522 g/mol. The lowest BCUT2D eigenvalue weighted by Crippen LogP contribution is -2.55. The molecule has 0 bridgehead atoms. The molecule has 1 aliphatic heterocycles. The van der Waals surface area contributed by atoms with Crippen LogP contribution in [0.15, 0.2) is 24.4 Å². The van der Waals surface area contributed by atoms with Crippen molar-refractivity contribution in [2.24, 2.45) is 0 Å². The van der Waals surface area contributed by atoms with E-state index in [0.29, 0.717) is 35.1 Å². The number of aliphatic hydroxyl groups is 1. The summed E-state index contributed by atoms with van der Waals surface area (Å²) in [5, 5.41) is 15.7. The summed E-state index contributed by atoms with van der Waals surface area (Å²) in [4.78, 5) is 39.2. The Balaban J connectivity index is 1.43. The molecule has 2 aliphatic carbocycles. The number of anilines is 4. The highest BCUT2D eigenvalue weighted by Gasteiger charge is 2.41. The molecule has 1 aromatic carbocycles. The van der Waals surface area contributed by atoms with Crippen molar-refractivity contribution in [2.75, 3.05) is 35.4 Å². The fourth-order valence-corrected chi connectivity index (χ4v) is 5.94. The Morgan fingerprint density at radius 2 is 1.89 bits per heavy atom. The van der Waals surface area contributed by atoms with Crippen LogP contribution in [0.1, 0.15) is 75.1 Å². The van der Waals surface area contributed by atoms with Gasteiger partial charge < -0.3 is 30.3 Å². The van der Waals surface area contributed by atoms with Crippen molar-refractivity contribution in [3.63, 3.8) is 0 Å². The Morgan fingerprint density at radius 1 is 1.16 bits per heavy atom. The van der Waals surface area contributed by atoms with E-state index in [9.17, 15) is 14.7 Å². The zero-order valence-electron chi connectivity index (χ0n) is 22.3. The predicted molar refractivity (Wildman–Crippen MR) is 146 cm³/mol. The topological polar surface area (TPSA) is 120 Å². The lowest BCUT2D eigenvalue weighted by atomic mass is 10.0. The molecule has 10 heteroatoms. The molecule has 38 heavy (non-hydrogen) atoms. The van der Waals surface area contributed by atoms with Gasteiger partial charge in [-0.25, -0.2) is 4.98 Å². The van der Waals surface area contributed by atoms with Crippen LogP contribution in [0.25, 0.3) is 0 Å². The first-order valence-corrected chi connectivity index (χ1v) is 13.9. The van der Waals surface area contributed by atoms with Crippen molar-refractivity contribution >= 4 is 35.0 Å². The van der Waals surface area contributed by atoms with E-state index in [4.69, 9.17) is 9.72 Å². The van der Waals surface area contributed by atoms with Crippen LogP contribution in [0.5, 0.6) is 5.75 Å². The SMILES string of the molecule is CC[C@@H]1C(=O)N(C)c2cnc(Nc3ccc(C(=O)NC4CCCC4)cc3OCCO)nc2N1C1CCCC1. The van der Waals surface area contributed by atoms with Crippen molar-refractivity contribution in [1.82, 2.24) is 15.3 Å². The molecule has 2 amide bonds. The maximum Gasteiger partial charge on any atom is 0.251 e. The van der Waals surface area contributed by atoms with E-state index in [1.165, 1.54) is 0 Å². The number of carbonyl (C=O) groups is 2. The molecule has 0 saturated heterocycles. The molecule has 2 heterocycles. The number of aliphatic hydroxyl groups excluding tert-OH is 1. The van der Waals surface area contributed by atoms with Gasteiger partial charge in [0.15, 0.2) is 5.82 Å². The Kier molecular flexibility index (Phi) is 7.97. The fourth-order valence-electron chi connectivity index (χ4n) is 5.94. The molecule has 0 spiro atoms. The molecule has 1 aromatic heterocycles. The fraction of sp³-hybridized carbons (Fsp3) is 0.571. The molecular formula is C28H38N6O4. The second-order valence-electron chi connectivity index (χ2n) is 10.4. The maximum absolute atomic E-state index is 13.1. The number of likely N-dealkylation sites (N-methyl/N-ethyl adjacent to an activating group) is 1. The number of aromatic nitrogens is 2. The van der Waals surface area contributed by atoms with Crippen LogP contribution in [-0.2, 0) is 4.79 Å². The highest BCUT2D eigenvalue weighted by Crippen LogP contribution is 2.40. The van der Waals surface area contributed by atoms with E-state index in [1.54, 1.807) is 36.3 Å². The number of nitrogens with one attached hydrogen (secondary N) is 2. The van der Waals surface area contributed by atoms with Gasteiger partial charge in [0.05, 0.1) is 18.5 Å². The minimum absolute atomic E-state index is 0.0716. The number of benzene rings is 1. The van der Waals surface area contributed by atoms with Gasteiger partial charge in [0.25, 0.3) is 5.91 Å². The molecule has 5 rings (SSSR count). The van der Waals surface area contributed by atoms with Crippen molar-refractivity contribution in [2.45, 2.75) is 82.8 Å². The summed E-state index contributed by atoms with van der Waals surface area (Å²) in [6.07, 6.45) is 11.1. The summed E-state index contributed by atoms with van der Waals surface area (Å²) in [5.74, 6) is 1.51. The zero-order chi connectivity index (χ0) is 26.6.